The van der Waals surface area contributed by atoms with Crippen molar-refractivity contribution in [2.45, 2.75) is 20.0 Å². The summed E-state index contributed by atoms with van der Waals surface area (Å²) in [6.45, 7) is 2.60. The normalized spacial score (nSPS) is 11.1. The molecule has 2 aromatic heterocycles. The number of nitro groups is 1. The smallest absolute Gasteiger partial charge is 0.285 e. The van der Waals surface area contributed by atoms with Gasteiger partial charge in [0.2, 0.25) is 5.91 Å². The van der Waals surface area contributed by atoms with E-state index in [1.807, 2.05) is 36.4 Å². The Kier molecular flexibility index (Phi) is 4.59. The number of hydrogen-bond donors (Lipinski definition) is 1. The number of anilines is 1. The lowest BCUT2D eigenvalue weighted by Gasteiger charge is -2.08. The molecule has 0 unspecified atom stereocenters. The van der Waals surface area contributed by atoms with Gasteiger partial charge in [0.25, 0.3) is 11.2 Å². The first-order valence-electron chi connectivity index (χ1n) is 9.13. The zero-order valence-corrected chi connectivity index (χ0v) is 15.7. The molecular formula is C21H18N4O4. The van der Waals surface area contributed by atoms with Gasteiger partial charge in [0.15, 0.2) is 0 Å². The van der Waals surface area contributed by atoms with E-state index in [-0.39, 0.29) is 12.2 Å². The van der Waals surface area contributed by atoms with E-state index in [0.717, 1.165) is 51.2 Å². The highest BCUT2D eigenvalue weighted by Crippen LogP contribution is 2.30. The molecule has 0 aliphatic heterocycles. The third-order valence-corrected chi connectivity index (χ3v) is 4.86. The van der Waals surface area contributed by atoms with Crippen molar-refractivity contribution in [2.24, 2.45) is 0 Å². The highest BCUT2D eigenvalue weighted by Gasteiger charge is 2.13. The van der Waals surface area contributed by atoms with Gasteiger partial charge in [-0.3, -0.25) is 24.3 Å². The van der Waals surface area contributed by atoms with Gasteiger partial charge in [0.05, 0.1) is 11.1 Å². The first kappa shape index (κ1) is 18.4. The molecule has 146 valence electrons. The number of aryl methyl sites for hydroxylation is 1. The summed E-state index contributed by atoms with van der Waals surface area (Å²) in [5.74, 6) is -0.439. The number of hydrogen-bond acceptors (Lipinski definition) is 4. The molecule has 0 saturated heterocycles. The van der Waals surface area contributed by atoms with Crippen LogP contribution in [0.1, 0.15) is 6.92 Å². The Morgan fingerprint density at radius 3 is 2.59 bits per heavy atom. The lowest BCUT2D eigenvalue weighted by molar-refractivity contribution is -0.385. The predicted octanol–water partition coefficient (Wildman–Crippen LogP) is 3.52. The lowest BCUT2D eigenvalue weighted by Crippen LogP contribution is -2.26. The number of nitrogens with zero attached hydrogens (tertiary/aromatic N) is 3. The van der Waals surface area contributed by atoms with Crippen LogP contribution >= 0.6 is 0 Å². The Hall–Kier alpha value is -3.94. The Bertz CT molecular complexity index is 1320. The van der Waals surface area contributed by atoms with Crippen molar-refractivity contribution in [3.8, 4) is 0 Å². The molecule has 1 N–H and O–H groups in total. The summed E-state index contributed by atoms with van der Waals surface area (Å²) in [6.07, 6.45) is 1.07. The monoisotopic (exact) mass is 390 g/mol. The molecule has 4 aromatic rings. The van der Waals surface area contributed by atoms with Crippen molar-refractivity contribution < 1.29 is 9.72 Å². The van der Waals surface area contributed by atoms with E-state index < -0.39 is 16.4 Å². The van der Waals surface area contributed by atoms with Gasteiger partial charge in [-0.1, -0.05) is 18.2 Å². The quantitative estimate of drug-likeness (QED) is 0.416. The van der Waals surface area contributed by atoms with Crippen LogP contribution in [-0.4, -0.2) is 20.0 Å². The molecule has 4 rings (SSSR count). The highest BCUT2D eigenvalue weighted by atomic mass is 16.6. The molecule has 0 atom stereocenters. The molecule has 2 heterocycles. The Morgan fingerprint density at radius 2 is 1.83 bits per heavy atom. The summed E-state index contributed by atoms with van der Waals surface area (Å²) >= 11 is 0. The highest BCUT2D eigenvalue weighted by molar-refractivity contribution is 6.09. The molecule has 0 spiro atoms. The number of amides is 1. The van der Waals surface area contributed by atoms with Crippen LogP contribution in [0.4, 0.5) is 11.4 Å². The van der Waals surface area contributed by atoms with E-state index in [1.54, 1.807) is 0 Å². The molecule has 29 heavy (non-hydrogen) atoms. The number of carbonyl (C=O) groups excluding carboxylic acids is 1. The van der Waals surface area contributed by atoms with Crippen LogP contribution in [-0.2, 0) is 17.9 Å². The molecule has 0 saturated carbocycles. The summed E-state index contributed by atoms with van der Waals surface area (Å²) in [7, 11) is 0. The van der Waals surface area contributed by atoms with Crippen LogP contribution in [0.5, 0.6) is 0 Å². The standard InChI is InChI=1S/C21H18N4O4/c1-2-24-18-6-4-3-5-16(18)17-11-14(7-9-19(17)24)22-20(26)13-23-12-15(25(28)29)8-10-21(23)27/h3-12H,2,13H2,1H3,(H,22,26). The fourth-order valence-corrected chi connectivity index (χ4v) is 3.58. The number of para-hydroxylation sites is 1. The van der Waals surface area contributed by atoms with E-state index in [4.69, 9.17) is 0 Å². The summed E-state index contributed by atoms with van der Waals surface area (Å²) in [6, 6.07) is 15.9. The minimum Gasteiger partial charge on any atom is -0.341 e. The molecule has 0 aliphatic rings. The lowest BCUT2D eigenvalue weighted by atomic mass is 10.1. The Labute approximate surface area is 165 Å². The van der Waals surface area contributed by atoms with Crippen molar-refractivity contribution >= 4 is 39.1 Å². The minimum atomic E-state index is -0.606. The fraction of sp³-hybridized carbons (Fsp3) is 0.143. The summed E-state index contributed by atoms with van der Waals surface area (Å²) < 4.78 is 3.23. The maximum atomic E-state index is 12.4. The summed E-state index contributed by atoms with van der Waals surface area (Å²) in [4.78, 5) is 34.6. The number of pyridine rings is 1. The maximum Gasteiger partial charge on any atom is 0.285 e. The number of nitrogens with one attached hydrogen (secondary N) is 1. The zero-order valence-electron chi connectivity index (χ0n) is 15.7. The van der Waals surface area contributed by atoms with Gasteiger partial charge in [0.1, 0.15) is 6.54 Å². The number of fused-ring (bicyclic) bond motifs is 3. The van der Waals surface area contributed by atoms with Crippen LogP contribution in [0.15, 0.2) is 65.6 Å². The summed E-state index contributed by atoms with van der Waals surface area (Å²) in [5.41, 5.74) is 2.07. The SMILES string of the molecule is CCn1c2ccccc2c2cc(NC(=O)Cn3cc([N+](=O)[O-])ccc3=O)ccc21. The number of aromatic nitrogens is 2. The van der Waals surface area contributed by atoms with Gasteiger partial charge >= 0.3 is 0 Å². The number of carbonyl (C=O) groups is 1. The van der Waals surface area contributed by atoms with E-state index in [9.17, 15) is 19.7 Å². The molecule has 0 bridgehead atoms. The summed E-state index contributed by atoms with van der Waals surface area (Å²) in [5, 5.41) is 15.8. The van der Waals surface area contributed by atoms with Crippen LogP contribution in [0.25, 0.3) is 21.8 Å². The molecule has 2 aromatic carbocycles. The van der Waals surface area contributed by atoms with Gasteiger partial charge in [-0.25, -0.2) is 0 Å². The largest absolute Gasteiger partial charge is 0.341 e. The van der Waals surface area contributed by atoms with Crippen LogP contribution in [0.3, 0.4) is 0 Å². The second kappa shape index (κ2) is 7.23. The van der Waals surface area contributed by atoms with Crippen molar-refractivity contribution in [2.75, 3.05) is 5.32 Å². The number of benzene rings is 2. The van der Waals surface area contributed by atoms with Crippen molar-refractivity contribution in [3.63, 3.8) is 0 Å². The molecule has 0 fully saturated rings. The average Bonchev–Trinajstić information content (AvgIpc) is 3.02. The van der Waals surface area contributed by atoms with Gasteiger partial charge in [-0.2, -0.15) is 0 Å². The second-order valence-electron chi connectivity index (χ2n) is 6.65. The maximum absolute atomic E-state index is 12.4. The molecule has 0 aliphatic carbocycles. The average molecular weight is 390 g/mol. The van der Waals surface area contributed by atoms with Crippen molar-refractivity contribution in [1.82, 2.24) is 9.13 Å². The first-order valence-corrected chi connectivity index (χ1v) is 9.13. The molecule has 1 amide bonds. The Morgan fingerprint density at radius 1 is 1.07 bits per heavy atom. The van der Waals surface area contributed by atoms with E-state index in [0.29, 0.717) is 5.69 Å². The Balaban J connectivity index is 1.64. The van der Waals surface area contributed by atoms with Crippen LogP contribution in [0, 0.1) is 10.1 Å². The second-order valence-corrected chi connectivity index (χ2v) is 6.65. The molecule has 0 radical (unpaired) electrons. The molecule has 8 nitrogen and oxygen atoms in total. The van der Waals surface area contributed by atoms with Gasteiger partial charge in [-0.05, 0) is 31.2 Å². The third-order valence-electron chi connectivity index (χ3n) is 4.86. The van der Waals surface area contributed by atoms with E-state index >= 15 is 0 Å². The predicted molar refractivity (Wildman–Crippen MR) is 111 cm³/mol. The molecule has 8 heteroatoms. The fourth-order valence-electron chi connectivity index (χ4n) is 3.58. The third kappa shape index (κ3) is 3.36. The van der Waals surface area contributed by atoms with Crippen LogP contribution < -0.4 is 10.9 Å². The number of rotatable bonds is 5. The minimum absolute atomic E-state index is 0.244. The van der Waals surface area contributed by atoms with E-state index in [2.05, 4.69) is 22.9 Å². The van der Waals surface area contributed by atoms with Gasteiger partial charge in [-0.15, -0.1) is 0 Å². The van der Waals surface area contributed by atoms with Crippen molar-refractivity contribution in [3.05, 3.63) is 81.3 Å². The topological polar surface area (TPSA) is 99.2 Å². The zero-order chi connectivity index (χ0) is 20.5. The first-order chi connectivity index (χ1) is 14.0. The van der Waals surface area contributed by atoms with E-state index in [1.165, 1.54) is 0 Å². The van der Waals surface area contributed by atoms with Crippen molar-refractivity contribution in [1.29, 1.82) is 0 Å². The van der Waals surface area contributed by atoms with Crippen LogP contribution in [0.2, 0.25) is 0 Å². The van der Waals surface area contributed by atoms with Gasteiger partial charge < -0.3 is 9.88 Å². The molecular weight excluding hydrogens is 372 g/mol. The van der Waals surface area contributed by atoms with Gasteiger partial charge in [0, 0.05) is 46.2 Å².